The average molecular weight is 234 g/mol. The Balaban J connectivity index is 2.61. The maximum Gasteiger partial charge on any atom is 0.316 e. The van der Waals surface area contributed by atoms with Crippen molar-refractivity contribution >= 4 is 17.5 Å². The summed E-state index contributed by atoms with van der Waals surface area (Å²) in [5.41, 5.74) is 0.706. The Morgan fingerprint density at radius 3 is 2.35 bits per heavy atom. The van der Waals surface area contributed by atoms with E-state index in [1.54, 1.807) is 19.2 Å². The number of likely N-dealkylation sites (N-methyl/N-ethyl adjacent to an activating group) is 1. The highest BCUT2D eigenvalue weighted by Gasteiger charge is 2.19. The van der Waals surface area contributed by atoms with Gasteiger partial charge in [-0.05, 0) is 18.1 Å². The molecule has 0 spiro atoms. The third-order valence-electron chi connectivity index (χ3n) is 2.31. The SMILES string of the molecule is CC(C)CNC(=O)C(=O)N(C)c1ccccc1. The minimum Gasteiger partial charge on any atom is -0.348 e. The van der Waals surface area contributed by atoms with Crippen molar-refractivity contribution in [1.82, 2.24) is 5.32 Å². The van der Waals surface area contributed by atoms with Crippen LogP contribution in [0.3, 0.4) is 0 Å². The Hall–Kier alpha value is -1.84. The number of para-hydroxylation sites is 1. The molecular weight excluding hydrogens is 216 g/mol. The zero-order chi connectivity index (χ0) is 12.8. The molecule has 0 aliphatic rings. The van der Waals surface area contributed by atoms with Gasteiger partial charge < -0.3 is 10.2 Å². The van der Waals surface area contributed by atoms with Gasteiger partial charge in [-0.2, -0.15) is 0 Å². The van der Waals surface area contributed by atoms with E-state index in [1.165, 1.54) is 4.90 Å². The smallest absolute Gasteiger partial charge is 0.316 e. The molecule has 0 aliphatic heterocycles. The van der Waals surface area contributed by atoms with Gasteiger partial charge >= 0.3 is 11.8 Å². The third kappa shape index (κ3) is 3.90. The van der Waals surface area contributed by atoms with Crippen LogP contribution in [-0.2, 0) is 9.59 Å². The summed E-state index contributed by atoms with van der Waals surface area (Å²) in [6.45, 7) is 4.46. The highest BCUT2D eigenvalue weighted by Crippen LogP contribution is 2.10. The topological polar surface area (TPSA) is 49.4 Å². The Morgan fingerprint density at radius 1 is 1.24 bits per heavy atom. The minimum absolute atomic E-state index is 0.328. The Kier molecular flexibility index (Phi) is 4.69. The first-order chi connectivity index (χ1) is 8.02. The zero-order valence-electron chi connectivity index (χ0n) is 10.4. The number of benzene rings is 1. The van der Waals surface area contributed by atoms with Crippen LogP contribution < -0.4 is 10.2 Å². The highest BCUT2D eigenvalue weighted by molar-refractivity contribution is 6.40. The maximum absolute atomic E-state index is 11.8. The predicted molar refractivity (Wildman–Crippen MR) is 67.7 cm³/mol. The Morgan fingerprint density at radius 2 is 1.82 bits per heavy atom. The fraction of sp³-hybridized carbons (Fsp3) is 0.385. The molecule has 0 aromatic heterocycles. The first-order valence-corrected chi connectivity index (χ1v) is 5.63. The van der Waals surface area contributed by atoms with Gasteiger partial charge in [-0.3, -0.25) is 9.59 Å². The number of nitrogens with one attached hydrogen (secondary N) is 1. The molecule has 0 unspecified atom stereocenters. The molecule has 1 aromatic carbocycles. The number of carbonyl (C=O) groups is 2. The second-order valence-electron chi connectivity index (χ2n) is 4.30. The van der Waals surface area contributed by atoms with Crippen LogP contribution in [0.15, 0.2) is 30.3 Å². The van der Waals surface area contributed by atoms with E-state index in [0.717, 1.165) is 0 Å². The van der Waals surface area contributed by atoms with Gasteiger partial charge in [0.25, 0.3) is 0 Å². The summed E-state index contributed by atoms with van der Waals surface area (Å²) in [5, 5.41) is 2.60. The summed E-state index contributed by atoms with van der Waals surface area (Å²) in [4.78, 5) is 24.7. The van der Waals surface area contributed by atoms with E-state index in [-0.39, 0.29) is 0 Å². The lowest BCUT2D eigenvalue weighted by Crippen LogP contribution is -2.42. The Bertz CT molecular complexity index is 388. The summed E-state index contributed by atoms with van der Waals surface area (Å²) >= 11 is 0. The van der Waals surface area contributed by atoms with Crippen LogP contribution in [0.4, 0.5) is 5.69 Å². The minimum atomic E-state index is -0.565. The molecule has 0 bridgehead atoms. The molecule has 0 radical (unpaired) electrons. The third-order valence-corrected chi connectivity index (χ3v) is 2.31. The summed E-state index contributed by atoms with van der Waals surface area (Å²) < 4.78 is 0. The van der Waals surface area contributed by atoms with Crippen molar-refractivity contribution in [2.45, 2.75) is 13.8 Å². The van der Waals surface area contributed by atoms with Gasteiger partial charge in [-0.15, -0.1) is 0 Å². The van der Waals surface area contributed by atoms with Crippen LogP contribution in [0.25, 0.3) is 0 Å². The highest BCUT2D eigenvalue weighted by atomic mass is 16.2. The molecule has 0 heterocycles. The number of amides is 2. The van der Waals surface area contributed by atoms with E-state index in [2.05, 4.69) is 5.32 Å². The predicted octanol–water partition coefficient (Wildman–Crippen LogP) is 1.42. The van der Waals surface area contributed by atoms with Crippen LogP contribution in [0, 0.1) is 5.92 Å². The molecule has 92 valence electrons. The maximum atomic E-state index is 11.8. The zero-order valence-corrected chi connectivity index (χ0v) is 10.4. The molecule has 4 heteroatoms. The summed E-state index contributed by atoms with van der Waals surface area (Å²) in [6.07, 6.45) is 0. The molecule has 0 atom stereocenters. The van der Waals surface area contributed by atoms with Crippen LogP contribution in [-0.4, -0.2) is 25.4 Å². The van der Waals surface area contributed by atoms with Crippen molar-refractivity contribution in [3.8, 4) is 0 Å². The van der Waals surface area contributed by atoms with Gasteiger partial charge in [-0.25, -0.2) is 0 Å². The lowest BCUT2D eigenvalue weighted by atomic mass is 10.2. The summed E-state index contributed by atoms with van der Waals surface area (Å²) in [5.74, 6) is -0.782. The van der Waals surface area contributed by atoms with Gasteiger partial charge in [0.1, 0.15) is 0 Å². The van der Waals surface area contributed by atoms with Gasteiger partial charge in [0.2, 0.25) is 0 Å². The van der Waals surface area contributed by atoms with Crippen molar-refractivity contribution < 1.29 is 9.59 Å². The molecule has 0 fully saturated rings. The molecule has 1 rings (SSSR count). The fourth-order valence-electron chi connectivity index (χ4n) is 1.29. The fourth-order valence-corrected chi connectivity index (χ4v) is 1.29. The molecule has 0 saturated carbocycles. The summed E-state index contributed by atoms with van der Waals surface area (Å²) in [6, 6.07) is 9.08. The average Bonchev–Trinajstić information content (AvgIpc) is 2.35. The molecule has 2 amide bonds. The largest absolute Gasteiger partial charge is 0.348 e. The molecule has 17 heavy (non-hydrogen) atoms. The molecule has 0 saturated heterocycles. The lowest BCUT2D eigenvalue weighted by Gasteiger charge is -2.17. The number of hydrogen-bond acceptors (Lipinski definition) is 2. The van der Waals surface area contributed by atoms with Crippen LogP contribution in [0.5, 0.6) is 0 Å². The first kappa shape index (κ1) is 13.2. The van der Waals surface area contributed by atoms with Gasteiger partial charge in [0.15, 0.2) is 0 Å². The van der Waals surface area contributed by atoms with Crippen molar-refractivity contribution in [2.24, 2.45) is 5.92 Å². The van der Waals surface area contributed by atoms with Crippen molar-refractivity contribution in [2.75, 3.05) is 18.5 Å². The second-order valence-corrected chi connectivity index (χ2v) is 4.30. The molecule has 0 aliphatic carbocycles. The van der Waals surface area contributed by atoms with E-state index in [9.17, 15) is 9.59 Å². The van der Waals surface area contributed by atoms with Crippen LogP contribution in [0.1, 0.15) is 13.8 Å². The Labute approximate surface area is 102 Å². The number of hydrogen-bond donors (Lipinski definition) is 1. The van der Waals surface area contributed by atoms with E-state index in [0.29, 0.717) is 18.2 Å². The molecule has 1 N–H and O–H groups in total. The standard InChI is InChI=1S/C13H18N2O2/c1-10(2)9-14-12(16)13(17)15(3)11-7-5-4-6-8-11/h4-8,10H,9H2,1-3H3,(H,14,16). The monoisotopic (exact) mass is 234 g/mol. The van der Waals surface area contributed by atoms with E-state index in [4.69, 9.17) is 0 Å². The quantitative estimate of drug-likeness (QED) is 0.804. The van der Waals surface area contributed by atoms with Gasteiger partial charge in [0.05, 0.1) is 0 Å². The molecule has 4 nitrogen and oxygen atoms in total. The molecule has 1 aromatic rings. The van der Waals surface area contributed by atoms with Crippen LogP contribution >= 0.6 is 0 Å². The van der Waals surface area contributed by atoms with E-state index in [1.807, 2.05) is 32.0 Å². The van der Waals surface area contributed by atoms with E-state index >= 15 is 0 Å². The van der Waals surface area contributed by atoms with Crippen molar-refractivity contribution in [3.05, 3.63) is 30.3 Å². The van der Waals surface area contributed by atoms with E-state index < -0.39 is 11.8 Å². The lowest BCUT2D eigenvalue weighted by molar-refractivity contribution is -0.137. The van der Waals surface area contributed by atoms with Crippen molar-refractivity contribution in [1.29, 1.82) is 0 Å². The number of anilines is 1. The van der Waals surface area contributed by atoms with Crippen molar-refractivity contribution in [3.63, 3.8) is 0 Å². The number of rotatable bonds is 3. The summed E-state index contributed by atoms with van der Waals surface area (Å²) in [7, 11) is 1.59. The first-order valence-electron chi connectivity index (χ1n) is 5.63. The normalized spacial score (nSPS) is 10.1. The number of nitrogens with zero attached hydrogens (tertiary/aromatic N) is 1. The number of carbonyl (C=O) groups excluding carboxylic acids is 2. The van der Waals surface area contributed by atoms with Gasteiger partial charge in [-0.1, -0.05) is 32.0 Å². The van der Waals surface area contributed by atoms with Crippen LogP contribution in [0.2, 0.25) is 0 Å². The van der Waals surface area contributed by atoms with Gasteiger partial charge in [0, 0.05) is 19.3 Å². The second kappa shape index (κ2) is 6.03. The molecular formula is C13H18N2O2.